The van der Waals surface area contributed by atoms with Gasteiger partial charge < -0.3 is 23.7 Å². The zero-order valence-corrected chi connectivity index (χ0v) is 19.3. The van der Waals surface area contributed by atoms with E-state index < -0.39 is 30.9 Å². The summed E-state index contributed by atoms with van der Waals surface area (Å²) in [5.41, 5.74) is 1.62. The fourth-order valence-electron chi connectivity index (χ4n) is 2.76. The van der Waals surface area contributed by atoms with Crippen molar-refractivity contribution in [2.45, 2.75) is 13.3 Å². The molecule has 0 atom stereocenters. The van der Waals surface area contributed by atoms with Crippen LogP contribution >= 0.6 is 0 Å². The molecule has 0 amide bonds. The Morgan fingerprint density at radius 3 is 1.56 bits per heavy atom. The fraction of sp³-hybridized carbons (Fsp3) is 0.111. The summed E-state index contributed by atoms with van der Waals surface area (Å²) in [7, 11) is 0. The lowest BCUT2D eigenvalue weighted by molar-refractivity contribution is -0.146. The summed E-state index contributed by atoms with van der Waals surface area (Å²) < 4.78 is 24.6. The Hall–Kier alpha value is -4.92. The van der Waals surface area contributed by atoms with Crippen LogP contribution in [0.1, 0.15) is 33.2 Å². The number of carbonyl (C=O) groups excluding carboxylic acids is 4. The first-order valence-electron chi connectivity index (χ1n) is 10.7. The number of ether oxygens (including phenoxy) is 5. The van der Waals surface area contributed by atoms with Gasteiger partial charge in [-0.1, -0.05) is 25.6 Å². The van der Waals surface area contributed by atoms with Crippen LogP contribution < -0.4 is 14.2 Å². The highest BCUT2D eigenvalue weighted by Crippen LogP contribution is 2.19. The maximum Gasteiger partial charge on any atom is 0.516 e. The number of hydrogen-bond acceptors (Lipinski definition) is 9. The molecule has 0 heterocycles. The molecule has 0 radical (unpaired) electrons. The van der Waals surface area contributed by atoms with Crippen molar-refractivity contribution in [2.24, 2.45) is 0 Å². The molecule has 0 fully saturated rings. The average molecular weight is 490 g/mol. The highest BCUT2D eigenvalue weighted by Gasteiger charge is 2.13. The maximum atomic E-state index is 12.4. The van der Waals surface area contributed by atoms with Gasteiger partial charge in [-0.2, -0.15) is 0 Å². The van der Waals surface area contributed by atoms with Crippen molar-refractivity contribution in [1.29, 1.82) is 0 Å². The van der Waals surface area contributed by atoms with Gasteiger partial charge in [0, 0.05) is 6.08 Å². The summed E-state index contributed by atoms with van der Waals surface area (Å²) in [5, 5.41) is 0. The van der Waals surface area contributed by atoms with Gasteiger partial charge in [-0.3, -0.25) is 0 Å². The van der Waals surface area contributed by atoms with E-state index >= 15 is 0 Å². The van der Waals surface area contributed by atoms with Crippen molar-refractivity contribution < 1.29 is 42.9 Å². The lowest BCUT2D eigenvalue weighted by atomic mass is 10.2. The quantitative estimate of drug-likeness (QED) is 0.136. The number of benzene rings is 3. The molecule has 3 rings (SSSR count). The molecule has 3 aromatic carbocycles. The summed E-state index contributed by atoms with van der Waals surface area (Å²) >= 11 is 0. The molecule has 9 nitrogen and oxygen atoms in total. The topological polar surface area (TPSA) is 114 Å². The van der Waals surface area contributed by atoms with Crippen LogP contribution in [0.3, 0.4) is 0 Å². The first-order chi connectivity index (χ1) is 17.4. The largest absolute Gasteiger partial charge is 0.516 e. The number of hydrogen-bond donors (Lipinski definition) is 0. The standard InChI is InChI=1S/C27H22O9/c1-3-18-5-11-21(12-6-18)34-25(29)19-7-13-22(14-8-19)35-26(30)20-9-15-23(16-10-20)36-27(31)33-17-32-24(28)4-2/h4-16H,2-3,17H2,1H3. The van der Waals surface area contributed by atoms with Gasteiger partial charge in [0.1, 0.15) is 17.2 Å². The molecule has 0 bridgehead atoms. The molecule has 9 heteroatoms. The summed E-state index contributed by atoms with van der Waals surface area (Å²) in [6, 6.07) is 18.7. The second-order valence-electron chi connectivity index (χ2n) is 7.11. The van der Waals surface area contributed by atoms with E-state index in [2.05, 4.69) is 16.1 Å². The van der Waals surface area contributed by atoms with Crippen LogP contribution in [0.25, 0.3) is 0 Å². The Morgan fingerprint density at radius 1 is 0.667 bits per heavy atom. The number of carbonyl (C=O) groups is 4. The van der Waals surface area contributed by atoms with Gasteiger partial charge in [0.25, 0.3) is 0 Å². The highest BCUT2D eigenvalue weighted by molar-refractivity contribution is 5.92. The van der Waals surface area contributed by atoms with E-state index in [1.807, 2.05) is 19.1 Å². The van der Waals surface area contributed by atoms with Gasteiger partial charge in [0.2, 0.25) is 6.79 Å². The average Bonchev–Trinajstić information content (AvgIpc) is 2.89. The monoisotopic (exact) mass is 490 g/mol. The zero-order chi connectivity index (χ0) is 25.9. The first-order valence-corrected chi connectivity index (χ1v) is 10.7. The summed E-state index contributed by atoms with van der Waals surface area (Å²) in [6.45, 7) is 4.61. The molecular weight excluding hydrogens is 468 g/mol. The highest BCUT2D eigenvalue weighted by atomic mass is 16.8. The normalized spacial score (nSPS) is 10.0. The van der Waals surface area contributed by atoms with Crippen LogP contribution in [0, 0.1) is 0 Å². The fourth-order valence-corrected chi connectivity index (χ4v) is 2.76. The van der Waals surface area contributed by atoms with E-state index in [4.69, 9.17) is 14.2 Å². The summed E-state index contributed by atoms with van der Waals surface area (Å²) in [4.78, 5) is 47.2. The molecule has 0 unspecified atom stereocenters. The van der Waals surface area contributed by atoms with Crippen LogP contribution in [-0.4, -0.2) is 30.9 Å². The smallest absolute Gasteiger partial charge is 0.425 e. The van der Waals surface area contributed by atoms with E-state index in [9.17, 15) is 19.2 Å². The van der Waals surface area contributed by atoms with Crippen molar-refractivity contribution in [3.63, 3.8) is 0 Å². The molecule has 184 valence electrons. The SMILES string of the molecule is C=CC(=O)OCOC(=O)Oc1ccc(C(=O)Oc2ccc(C(=O)Oc3ccc(CC)cc3)cc2)cc1. The molecule has 0 aromatic heterocycles. The van der Waals surface area contributed by atoms with Gasteiger partial charge in [-0.25, -0.2) is 19.2 Å². The van der Waals surface area contributed by atoms with Crippen LogP contribution in [0.2, 0.25) is 0 Å². The van der Waals surface area contributed by atoms with Crippen LogP contribution in [0.4, 0.5) is 4.79 Å². The van der Waals surface area contributed by atoms with Crippen molar-refractivity contribution in [2.75, 3.05) is 6.79 Å². The first kappa shape index (κ1) is 25.7. The Morgan fingerprint density at radius 2 is 1.11 bits per heavy atom. The van der Waals surface area contributed by atoms with Crippen LogP contribution in [0.5, 0.6) is 17.2 Å². The van der Waals surface area contributed by atoms with E-state index in [0.29, 0.717) is 11.3 Å². The molecule has 0 spiro atoms. The van der Waals surface area contributed by atoms with Gasteiger partial charge in [0.05, 0.1) is 11.1 Å². The van der Waals surface area contributed by atoms with E-state index in [1.54, 1.807) is 12.1 Å². The van der Waals surface area contributed by atoms with Gasteiger partial charge in [-0.05, 0) is 72.6 Å². The minimum Gasteiger partial charge on any atom is -0.425 e. The Bertz CT molecular complexity index is 1230. The van der Waals surface area contributed by atoms with Crippen molar-refractivity contribution >= 4 is 24.1 Å². The molecule has 0 aliphatic rings. The third-order valence-corrected chi connectivity index (χ3v) is 4.68. The molecule has 0 N–H and O–H groups in total. The van der Waals surface area contributed by atoms with Crippen LogP contribution in [-0.2, 0) is 20.7 Å². The number of rotatable bonds is 9. The summed E-state index contributed by atoms with van der Waals surface area (Å²) in [6.07, 6.45) is 0.707. The van der Waals surface area contributed by atoms with Crippen molar-refractivity contribution in [3.05, 3.63) is 102 Å². The van der Waals surface area contributed by atoms with Gasteiger partial charge in [-0.15, -0.1) is 0 Å². The van der Waals surface area contributed by atoms with Crippen molar-refractivity contribution in [3.8, 4) is 17.2 Å². The second kappa shape index (κ2) is 12.5. The molecular formula is C27H22O9. The molecule has 0 aliphatic heterocycles. The van der Waals surface area contributed by atoms with E-state index in [-0.39, 0.29) is 17.1 Å². The molecule has 0 saturated heterocycles. The zero-order valence-electron chi connectivity index (χ0n) is 19.3. The van der Waals surface area contributed by atoms with E-state index in [0.717, 1.165) is 18.1 Å². The van der Waals surface area contributed by atoms with Gasteiger partial charge >= 0.3 is 24.1 Å². The molecule has 0 aliphatic carbocycles. The number of esters is 3. The predicted octanol–water partition coefficient (Wildman–Crippen LogP) is 4.89. The molecule has 36 heavy (non-hydrogen) atoms. The van der Waals surface area contributed by atoms with Crippen molar-refractivity contribution in [1.82, 2.24) is 0 Å². The number of aryl methyl sites for hydroxylation is 1. The lowest BCUT2D eigenvalue weighted by Crippen LogP contribution is -2.15. The van der Waals surface area contributed by atoms with E-state index in [1.165, 1.54) is 48.5 Å². The minimum absolute atomic E-state index is 0.0961. The Labute approximate surface area is 206 Å². The predicted molar refractivity (Wildman–Crippen MR) is 127 cm³/mol. The van der Waals surface area contributed by atoms with Crippen LogP contribution in [0.15, 0.2) is 85.5 Å². The third kappa shape index (κ3) is 7.56. The second-order valence-corrected chi connectivity index (χ2v) is 7.11. The third-order valence-electron chi connectivity index (χ3n) is 4.68. The molecule has 0 saturated carbocycles. The summed E-state index contributed by atoms with van der Waals surface area (Å²) in [5.74, 6) is -1.19. The Balaban J connectivity index is 1.50. The molecule has 3 aromatic rings. The maximum absolute atomic E-state index is 12.4. The minimum atomic E-state index is -1.10. The lowest BCUT2D eigenvalue weighted by Gasteiger charge is -2.08. The Kier molecular flexibility index (Phi) is 8.94. The van der Waals surface area contributed by atoms with Gasteiger partial charge in [0.15, 0.2) is 0 Å².